The Morgan fingerprint density at radius 1 is 0.875 bits per heavy atom. The molecule has 32 heavy (non-hydrogen) atoms. The molecule has 5 rings (SSSR count). The lowest BCUT2D eigenvalue weighted by atomic mass is 10.2. The summed E-state index contributed by atoms with van der Waals surface area (Å²) in [6.07, 6.45) is 0. The van der Waals surface area contributed by atoms with E-state index in [1.165, 1.54) is 0 Å². The van der Waals surface area contributed by atoms with Crippen molar-refractivity contribution >= 4 is 55.5 Å². The van der Waals surface area contributed by atoms with Gasteiger partial charge in [-0.05, 0) is 54.4 Å². The highest BCUT2D eigenvalue weighted by Gasteiger charge is 2.17. The van der Waals surface area contributed by atoms with Crippen LogP contribution in [0.1, 0.15) is 0 Å². The molecule has 1 aliphatic rings. The van der Waals surface area contributed by atoms with Gasteiger partial charge >= 0.3 is 0 Å². The van der Waals surface area contributed by atoms with Crippen LogP contribution in [0, 0.1) is 0 Å². The molecular formula is C23H19ClN4O3S. The van der Waals surface area contributed by atoms with E-state index in [1.807, 2.05) is 42.5 Å². The van der Waals surface area contributed by atoms with Gasteiger partial charge in [-0.2, -0.15) is 0 Å². The fourth-order valence-corrected chi connectivity index (χ4v) is 4.56. The second kappa shape index (κ2) is 8.22. The highest BCUT2D eigenvalue weighted by atomic mass is 35.5. The lowest BCUT2D eigenvalue weighted by Gasteiger charge is -2.20. The minimum Gasteiger partial charge on any atom is -0.486 e. The second-order valence-electron chi connectivity index (χ2n) is 7.12. The van der Waals surface area contributed by atoms with Crippen molar-refractivity contribution in [2.75, 3.05) is 23.3 Å². The van der Waals surface area contributed by atoms with Crippen LogP contribution in [0.4, 0.5) is 17.3 Å². The van der Waals surface area contributed by atoms with Crippen LogP contribution in [0.2, 0.25) is 5.02 Å². The van der Waals surface area contributed by atoms with Crippen LogP contribution in [-0.2, 0) is 9.71 Å². The lowest BCUT2D eigenvalue weighted by Crippen LogP contribution is -2.16. The molecule has 1 aliphatic heterocycles. The number of halogens is 1. The molecule has 3 aromatic carbocycles. The van der Waals surface area contributed by atoms with Crippen LogP contribution < -0.4 is 19.5 Å². The summed E-state index contributed by atoms with van der Waals surface area (Å²) >= 11 is 5.97. The first kappa shape index (κ1) is 20.4. The van der Waals surface area contributed by atoms with E-state index >= 15 is 0 Å². The third-order valence-electron chi connectivity index (χ3n) is 4.83. The highest BCUT2D eigenvalue weighted by molar-refractivity contribution is 8.01. The zero-order valence-electron chi connectivity index (χ0n) is 16.9. The van der Waals surface area contributed by atoms with E-state index in [2.05, 4.69) is 20.9 Å². The molecule has 1 atom stereocenters. The van der Waals surface area contributed by atoms with E-state index < -0.39 is 9.71 Å². The topological polar surface area (TPSA) is 85.4 Å². The predicted molar refractivity (Wildman–Crippen MR) is 129 cm³/mol. The minimum atomic E-state index is -2.92. The predicted octanol–water partition coefficient (Wildman–Crippen LogP) is 4.90. The van der Waals surface area contributed by atoms with E-state index in [-0.39, 0.29) is 0 Å². The lowest BCUT2D eigenvalue weighted by molar-refractivity contribution is 0.171. The Morgan fingerprint density at radius 2 is 1.53 bits per heavy atom. The van der Waals surface area contributed by atoms with E-state index in [0.717, 1.165) is 5.69 Å². The number of nitrogens with one attached hydrogen (secondary N) is 2. The molecule has 0 saturated carbocycles. The summed E-state index contributed by atoms with van der Waals surface area (Å²) in [4.78, 5) is 9.84. The summed E-state index contributed by atoms with van der Waals surface area (Å²) in [6.45, 7) is 1.01. The number of ether oxygens (including phenoxy) is 2. The van der Waals surface area contributed by atoms with Gasteiger partial charge in [0.05, 0.1) is 20.7 Å². The summed E-state index contributed by atoms with van der Waals surface area (Å²) in [7, 11) is -2.92. The summed E-state index contributed by atoms with van der Waals surface area (Å²) in [6, 6.07) is 19.7. The summed E-state index contributed by atoms with van der Waals surface area (Å²) in [5.41, 5.74) is 2.08. The minimum absolute atomic E-state index is 0.313. The number of anilines is 3. The fourth-order valence-electron chi connectivity index (χ4n) is 3.29. The van der Waals surface area contributed by atoms with Crippen molar-refractivity contribution in [2.24, 2.45) is 0 Å². The number of hydrogen-bond donors (Lipinski definition) is 2. The first-order valence-corrected chi connectivity index (χ1v) is 11.9. The van der Waals surface area contributed by atoms with Crippen molar-refractivity contribution in [1.29, 1.82) is 0 Å². The van der Waals surface area contributed by atoms with Gasteiger partial charge in [-0.25, -0.2) is 14.2 Å². The molecule has 1 unspecified atom stereocenters. The van der Waals surface area contributed by atoms with Gasteiger partial charge in [0, 0.05) is 21.7 Å². The smallest absolute Gasteiger partial charge is 0.181 e. The molecule has 0 bridgehead atoms. The third-order valence-corrected chi connectivity index (χ3v) is 6.64. The number of nitrogens with zero attached hydrogens (tertiary/aromatic N) is 2. The van der Waals surface area contributed by atoms with Gasteiger partial charge < -0.3 is 14.8 Å². The number of benzene rings is 3. The van der Waals surface area contributed by atoms with E-state index in [4.69, 9.17) is 26.1 Å². The quantitative estimate of drug-likeness (QED) is 0.407. The Morgan fingerprint density at radius 3 is 2.25 bits per heavy atom. The largest absolute Gasteiger partial charge is 0.486 e. The van der Waals surface area contributed by atoms with E-state index in [9.17, 15) is 4.21 Å². The molecule has 0 radical (unpaired) electrons. The van der Waals surface area contributed by atoms with Crippen LogP contribution in [0.3, 0.4) is 0 Å². The highest BCUT2D eigenvalue weighted by Crippen LogP contribution is 2.35. The van der Waals surface area contributed by atoms with E-state index in [1.54, 1.807) is 24.3 Å². The molecule has 9 heteroatoms. The van der Waals surface area contributed by atoms with Gasteiger partial charge in [-0.1, -0.05) is 23.7 Å². The van der Waals surface area contributed by atoms with Gasteiger partial charge in [0.1, 0.15) is 13.2 Å². The Balaban J connectivity index is 1.54. The molecule has 0 spiro atoms. The molecule has 1 aromatic heterocycles. The van der Waals surface area contributed by atoms with Gasteiger partial charge in [0.15, 0.2) is 23.1 Å². The fraction of sp³-hybridized carbons (Fsp3) is 0.0870. The van der Waals surface area contributed by atoms with Crippen LogP contribution in [0.25, 0.3) is 11.0 Å². The van der Waals surface area contributed by atoms with Crippen molar-refractivity contribution in [3.8, 4) is 11.5 Å². The number of para-hydroxylation sites is 2. The van der Waals surface area contributed by atoms with Gasteiger partial charge in [0.2, 0.25) is 0 Å². The number of rotatable bonds is 5. The zero-order chi connectivity index (χ0) is 22.1. The van der Waals surface area contributed by atoms with Crippen molar-refractivity contribution in [1.82, 2.24) is 9.97 Å². The molecule has 2 heterocycles. The molecule has 0 amide bonds. The van der Waals surface area contributed by atoms with Gasteiger partial charge in [-0.15, -0.1) is 0 Å². The average Bonchev–Trinajstić information content (AvgIpc) is 2.79. The monoisotopic (exact) mass is 466 g/mol. The van der Waals surface area contributed by atoms with Crippen LogP contribution in [0.5, 0.6) is 11.5 Å². The summed E-state index contributed by atoms with van der Waals surface area (Å²) < 4.78 is 27.6. The van der Waals surface area contributed by atoms with Crippen molar-refractivity contribution in [3.05, 3.63) is 71.8 Å². The van der Waals surface area contributed by atoms with Crippen molar-refractivity contribution < 1.29 is 13.7 Å². The number of hydrogen-bond acceptors (Lipinski definition) is 6. The molecule has 0 fully saturated rings. The molecular weight excluding hydrogens is 448 g/mol. The maximum absolute atomic E-state index is 13.4. The maximum Gasteiger partial charge on any atom is 0.181 e. The Labute approximate surface area is 190 Å². The van der Waals surface area contributed by atoms with Crippen LogP contribution >= 0.6 is 11.6 Å². The van der Waals surface area contributed by atoms with Gasteiger partial charge in [-0.3, -0.25) is 4.72 Å². The van der Waals surface area contributed by atoms with Crippen molar-refractivity contribution in [2.45, 2.75) is 4.90 Å². The second-order valence-corrected chi connectivity index (χ2v) is 9.59. The average molecular weight is 467 g/mol. The van der Waals surface area contributed by atoms with E-state index in [0.29, 0.717) is 57.3 Å². The number of aromatic nitrogens is 2. The Hall–Kier alpha value is -3.49. The normalized spacial score (nSPS) is 14.5. The number of fused-ring (bicyclic) bond motifs is 2. The zero-order valence-corrected chi connectivity index (χ0v) is 18.4. The van der Waals surface area contributed by atoms with Gasteiger partial charge in [0.25, 0.3) is 0 Å². The maximum atomic E-state index is 13.4. The van der Waals surface area contributed by atoms with Crippen LogP contribution in [-0.4, -0.2) is 33.3 Å². The molecule has 2 N–H and O–H groups in total. The molecule has 0 saturated heterocycles. The SMILES string of the molecule is C=S(=O)(Nc1nc2ccccc2nc1Nc1ccc2c(c1)OCCO2)c1ccc(Cl)cc1. The molecule has 162 valence electrons. The first-order valence-electron chi connectivity index (χ1n) is 9.82. The Bertz CT molecular complexity index is 1410. The summed E-state index contributed by atoms with van der Waals surface area (Å²) in [5.74, 6) is 5.95. The van der Waals surface area contributed by atoms with Crippen LogP contribution in [0.15, 0.2) is 71.6 Å². The van der Waals surface area contributed by atoms with Crippen molar-refractivity contribution in [3.63, 3.8) is 0 Å². The molecule has 4 aromatic rings. The molecule has 0 aliphatic carbocycles. The third kappa shape index (κ3) is 4.15. The first-order chi connectivity index (χ1) is 15.5. The Kier molecular flexibility index (Phi) is 5.24. The summed E-state index contributed by atoms with van der Waals surface area (Å²) in [5, 5.41) is 3.80. The standard InChI is InChI=1S/C23H19ClN4O3S/c1-32(29,17-9-6-15(24)7-10-17)28-23-22(26-18-4-2-3-5-19(18)27-23)25-16-8-11-20-21(14-16)31-13-12-30-20/h2-11,14H,1,12-13H2,(H,25,26)(H,27,28,29). The molecule has 7 nitrogen and oxygen atoms in total.